The molecule has 1 rings (SSSR count). The zero-order valence-electron chi connectivity index (χ0n) is 10.8. The molecule has 0 aliphatic rings. The summed E-state index contributed by atoms with van der Waals surface area (Å²) in [5, 5.41) is 28.3. The van der Waals surface area contributed by atoms with E-state index in [9.17, 15) is 10.2 Å². The fraction of sp³-hybridized carbons (Fsp3) is 0.462. The molecule has 5 heteroatoms. The molecule has 0 unspecified atom stereocenters. The number of phenolic OH excluding ortho intramolecular Hbond substituents is 1. The number of ether oxygens (including phenoxy) is 1. The molecule has 5 nitrogen and oxygen atoms in total. The van der Waals surface area contributed by atoms with Crippen LogP contribution in [-0.2, 0) is 0 Å². The minimum Gasteiger partial charge on any atom is -0.504 e. The molecule has 98 valence electrons. The fourth-order valence-corrected chi connectivity index (χ4v) is 1.61. The molecule has 1 aromatic rings. The summed E-state index contributed by atoms with van der Waals surface area (Å²) in [6, 6.07) is 4.33. The minimum atomic E-state index is -0.615. The summed E-state index contributed by atoms with van der Waals surface area (Å²) in [5.74, 6) is 0.110. The standard InChI is InChI=1S/C13H18N2O3/c1-13(2,7-16)12(15)9-4-8(6-14)5-10(18-3)11(9)17/h4-5,12,16-17H,7,15H2,1-3H3/t12-/m1/s1. The summed E-state index contributed by atoms with van der Waals surface area (Å²) in [5.41, 5.74) is 6.18. The molecule has 0 bridgehead atoms. The van der Waals surface area contributed by atoms with Crippen LogP contribution in [0, 0.1) is 16.7 Å². The molecule has 0 amide bonds. The van der Waals surface area contributed by atoms with E-state index in [1.165, 1.54) is 19.2 Å². The van der Waals surface area contributed by atoms with Gasteiger partial charge in [-0.3, -0.25) is 0 Å². The van der Waals surface area contributed by atoms with Crippen molar-refractivity contribution in [2.75, 3.05) is 13.7 Å². The summed E-state index contributed by atoms with van der Waals surface area (Å²) in [7, 11) is 1.41. The van der Waals surface area contributed by atoms with Crippen molar-refractivity contribution < 1.29 is 14.9 Å². The van der Waals surface area contributed by atoms with Crippen molar-refractivity contribution in [2.45, 2.75) is 19.9 Å². The molecular weight excluding hydrogens is 232 g/mol. The smallest absolute Gasteiger partial charge is 0.162 e. The summed E-state index contributed by atoms with van der Waals surface area (Å²) in [6.07, 6.45) is 0. The van der Waals surface area contributed by atoms with Crippen LogP contribution >= 0.6 is 0 Å². The molecule has 0 aromatic heterocycles. The molecular formula is C13H18N2O3. The SMILES string of the molecule is COc1cc(C#N)cc([C@@H](N)C(C)(C)CO)c1O. The second-order valence-electron chi connectivity index (χ2n) is 4.85. The highest BCUT2D eigenvalue weighted by atomic mass is 16.5. The van der Waals surface area contributed by atoms with Crippen molar-refractivity contribution in [2.24, 2.45) is 11.1 Å². The summed E-state index contributed by atoms with van der Waals surface area (Å²) in [6.45, 7) is 3.43. The molecule has 0 fully saturated rings. The Morgan fingerprint density at radius 2 is 2.11 bits per heavy atom. The molecule has 0 aliphatic heterocycles. The maximum Gasteiger partial charge on any atom is 0.162 e. The third kappa shape index (κ3) is 2.55. The second kappa shape index (κ2) is 5.25. The highest BCUT2D eigenvalue weighted by Crippen LogP contribution is 2.40. The minimum absolute atomic E-state index is 0.0921. The molecule has 18 heavy (non-hydrogen) atoms. The number of rotatable bonds is 4. The van der Waals surface area contributed by atoms with Crippen LogP contribution in [0.4, 0.5) is 0 Å². The van der Waals surface area contributed by atoms with Gasteiger partial charge in [-0.15, -0.1) is 0 Å². The van der Waals surface area contributed by atoms with Gasteiger partial charge in [-0.05, 0) is 6.07 Å². The van der Waals surface area contributed by atoms with Gasteiger partial charge in [-0.25, -0.2) is 0 Å². The van der Waals surface area contributed by atoms with Gasteiger partial charge < -0.3 is 20.7 Å². The van der Waals surface area contributed by atoms with Gasteiger partial charge in [0.05, 0.1) is 18.7 Å². The Kier molecular flexibility index (Phi) is 4.17. The predicted molar refractivity (Wildman–Crippen MR) is 67.2 cm³/mol. The van der Waals surface area contributed by atoms with Crippen LogP contribution in [0.1, 0.15) is 31.0 Å². The van der Waals surface area contributed by atoms with Crippen molar-refractivity contribution in [3.63, 3.8) is 0 Å². The molecule has 0 spiro atoms. The first kappa shape index (κ1) is 14.3. The zero-order chi connectivity index (χ0) is 13.9. The second-order valence-corrected chi connectivity index (χ2v) is 4.85. The predicted octanol–water partition coefficient (Wildman–Crippen LogP) is 1.29. The Hall–Kier alpha value is -1.77. The Morgan fingerprint density at radius 3 is 2.56 bits per heavy atom. The lowest BCUT2D eigenvalue weighted by Crippen LogP contribution is -2.32. The number of nitrogens with two attached hydrogens (primary N) is 1. The molecule has 0 aliphatic carbocycles. The van der Waals surface area contributed by atoms with E-state index in [1.54, 1.807) is 13.8 Å². The van der Waals surface area contributed by atoms with Gasteiger partial charge in [0, 0.05) is 29.7 Å². The van der Waals surface area contributed by atoms with E-state index in [-0.39, 0.29) is 18.1 Å². The number of aliphatic hydroxyl groups is 1. The van der Waals surface area contributed by atoms with Crippen LogP contribution in [0.25, 0.3) is 0 Å². The maximum atomic E-state index is 10.0. The van der Waals surface area contributed by atoms with Gasteiger partial charge in [-0.1, -0.05) is 13.8 Å². The topological polar surface area (TPSA) is 99.5 Å². The number of nitrogens with zero attached hydrogens (tertiary/aromatic N) is 1. The highest BCUT2D eigenvalue weighted by molar-refractivity contribution is 5.53. The monoisotopic (exact) mass is 250 g/mol. The van der Waals surface area contributed by atoms with Crippen LogP contribution in [0.3, 0.4) is 0 Å². The Morgan fingerprint density at radius 1 is 1.50 bits per heavy atom. The summed E-state index contributed by atoms with van der Waals surface area (Å²) >= 11 is 0. The Bertz CT molecular complexity index is 478. The zero-order valence-corrected chi connectivity index (χ0v) is 10.8. The number of hydrogen-bond donors (Lipinski definition) is 3. The van der Waals surface area contributed by atoms with Crippen LogP contribution in [0.15, 0.2) is 12.1 Å². The first-order valence-electron chi connectivity index (χ1n) is 5.54. The van der Waals surface area contributed by atoms with E-state index in [1.807, 2.05) is 6.07 Å². The molecule has 4 N–H and O–H groups in total. The number of aromatic hydroxyl groups is 1. The normalized spacial score (nSPS) is 12.9. The average molecular weight is 250 g/mol. The van der Waals surface area contributed by atoms with Gasteiger partial charge in [0.1, 0.15) is 0 Å². The van der Waals surface area contributed by atoms with E-state index in [0.29, 0.717) is 11.1 Å². The Balaban J connectivity index is 3.36. The van der Waals surface area contributed by atoms with Gasteiger partial charge in [0.25, 0.3) is 0 Å². The van der Waals surface area contributed by atoms with Crippen LogP contribution < -0.4 is 10.5 Å². The lowest BCUT2D eigenvalue weighted by atomic mass is 9.81. The van der Waals surface area contributed by atoms with E-state index in [0.717, 1.165) is 0 Å². The first-order chi connectivity index (χ1) is 8.37. The van der Waals surface area contributed by atoms with Crippen molar-refractivity contribution >= 4 is 0 Å². The van der Waals surface area contributed by atoms with Gasteiger partial charge in [-0.2, -0.15) is 5.26 Å². The molecule has 1 aromatic carbocycles. The maximum absolute atomic E-state index is 10.0. The van der Waals surface area contributed by atoms with Crippen LogP contribution in [0.2, 0.25) is 0 Å². The van der Waals surface area contributed by atoms with E-state index in [4.69, 9.17) is 15.7 Å². The van der Waals surface area contributed by atoms with Gasteiger partial charge in [0.15, 0.2) is 11.5 Å². The number of aliphatic hydroxyl groups excluding tert-OH is 1. The number of nitriles is 1. The van der Waals surface area contributed by atoms with Crippen molar-refractivity contribution in [1.82, 2.24) is 0 Å². The average Bonchev–Trinajstić information content (AvgIpc) is 2.38. The fourth-order valence-electron chi connectivity index (χ4n) is 1.61. The quantitative estimate of drug-likeness (QED) is 0.747. The van der Waals surface area contributed by atoms with Crippen molar-refractivity contribution in [1.29, 1.82) is 5.26 Å². The molecule has 1 atom stereocenters. The van der Waals surface area contributed by atoms with E-state index >= 15 is 0 Å². The van der Waals surface area contributed by atoms with Crippen molar-refractivity contribution in [3.8, 4) is 17.6 Å². The highest BCUT2D eigenvalue weighted by Gasteiger charge is 2.30. The molecule has 0 saturated heterocycles. The van der Waals surface area contributed by atoms with Crippen molar-refractivity contribution in [3.05, 3.63) is 23.3 Å². The third-order valence-electron chi connectivity index (χ3n) is 3.04. The van der Waals surface area contributed by atoms with Gasteiger partial charge in [0.2, 0.25) is 0 Å². The van der Waals surface area contributed by atoms with Crippen LogP contribution in [-0.4, -0.2) is 23.9 Å². The number of hydrogen-bond acceptors (Lipinski definition) is 5. The lowest BCUT2D eigenvalue weighted by Gasteiger charge is -2.30. The molecule has 0 radical (unpaired) electrons. The van der Waals surface area contributed by atoms with E-state index in [2.05, 4.69) is 0 Å². The summed E-state index contributed by atoms with van der Waals surface area (Å²) < 4.78 is 5.01. The largest absolute Gasteiger partial charge is 0.504 e. The number of benzene rings is 1. The van der Waals surface area contributed by atoms with Crippen LogP contribution in [0.5, 0.6) is 11.5 Å². The Labute approximate surface area is 106 Å². The lowest BCUT2D eigenvalue weighted by molar-refractivity contribution is 0.131. The summed E-state index contributed by atoms with van der Waals surface area (Å²) in [4.78, 5) is 0. The first-order valence-corrected chi connectivity index (χ1v) is 5.54. The number of methoxy groups -OCH3 is 1. The van der Waals surface area contributed by atoms with E-state index < -0.39 is 11.5 Å². The molecule has 0 saturated carbocycles. The third-order valence-corrected chi connectivity index (χ3v) is 3.04. The molecule has 0 heterocycles. The number of phenols is 1. The van der Waals surface area contributed by atoms with Gasteiger partial charge >= 0.3 is 0 Å².